The molecule has 90 valence electrons. The van der Waals surface area contributed by atoms with Gasteiger partial charge in [-0.2, -0.15) is 0 Å². The third kappa shape index (κ3) is 2.87. The molecule has 0 atom stereocenters. The van der Waals surface area contributed by atoms with Crippen molar-refractivity contribution >= 4 is 11.6 Å². The van der Waals surface area contributed by atoms with Gasteiger partial charge in [0.25, 0.3) is 0 Å². The van der Waals surface area contributed by atoms with Crippen LogP contribution < -0.4 is 5.73 Å². The van der Waals surface area contributed by atoms with Crippen LogP contribution in [0.2, 0.25) is 0 Å². The quantitative estimate of drug-likeness (QED) is 0.848. The fourth-order valence-corrected chi connectivity index (χ4v) is 1.73. The molecule has 0 unspecified atom stereocenters. The smallest absolute Gasteiger partial charge is 0.211 e. The lowest BCUT2D eigenvalue weighted by atomic mass is 10.1. The number of ether oxygens (including phenoxy) is 1. The zero-order chi connectivity index (χ0) is 12.5. The van der Waals surface area contributed by atoms with Crippen molar-refractivity contribution in [2.75, 3.05) is 6.61 Å². The highest BCUT2D eigenvalue weighted by Gasteiger charge is 2.25. The Balaban J connectivity index is 2.24. The van der Waals surface area contributed by atoms with Gasteiger partial charge in [0.2, 0.25) is 5.90 Å². The molecule has 0 aliphatic carbocycles. The summed E-state index contributed by atoms with van der Waals surface area (Å²) in [7, 11) is 0. The monoisotopic (exact) mass is 230 g/mol. The number of nitrogens with two attached hydrogens (primary N) is 1. The molecule has 0 spiro atoms. The number of aryl methyl sites for hydroxylation is 1. The van der Waals surface area contributed by atoms with Gasteiger partial charge in [-0.3, -0.25) is 0 Å². The van der Waals surface area contributed by atoms with Gasteiger partial charge in [-0.15, -0.1) is 0 Å². The standard InChI is InChI=1S/C14H18N2O/c1-10-5-4-6-11(7-10)12(15)8-13-16-14(2,3)9-17-13/h4-8H,9,15H2,1-3H3/b12-8-. The van der Waals surface area contributed by atoms with Crippen LogP contribution in [0.3, 0.4) is 0 Å². The summed E-state index contributed by atoms with van der Waals surface area (Å²) in [5.74, 6) is 0.619. The maximum Gasteiger partial charge on any atom is 0.211 e. The van der Waals surface area contributed by atoms with E-state index in [2.05, 4.69) is 4.99 Å². The molecule has 0 radical (unpaired) electrons. The Morgan fingerprint density at radius 2 is 2.24 bits per heavy atom. The van der Waals surface area contributed by atoms with E-state index in [-0.39, 0.29) is 5.54 Å². The molecule has 1 aliphatic heterocycles. The van der Waals surface area contributed by atoms with E-state index in [0.29, 0.717) is 18.2 Å². The van der Waals surface area contributed by atoms with E-state index in [1.54, 1.807) is 6.08 Å². The van der Waals surface area contributed by atoms with Crippen LogP contribution in [0.15, 0.2) is 35.3 Å². The average Bonchev–Trinajstić information content (AvgIpc) is 2.58. The summed E-state index contributed by atoms with van der Waals surface area (Å²) in [5, 5.41) is 0. The number of hydrogen-bond acceptors (Lipinski definition) is 3. The summed E-state index contributed by atoms with van der Waals surface area (Å²) < 4.78 is 5.48. The van der Waals surface area contributed by atoms with E-state index < -0.39 is 0 Å². The highest BCUT2D eigenvalue weighted by Crippen LogP contribution is 2.19. The maximum absolute atomic E-state index is 6.03. The van der Waals surface area contributed by atoms with Gasteiger partial charge in [-0.25, -0.2) is 4.99 Å². The second-order valence-electron chi connectivity index (χ2n) is 5.02. The lowest BCUT2D eigenvalue weighted by Gasteiger charge is -2.07. The third-order valence-electron chi connectivity index (χ3n) is 2.62. The summed E-state index contributed by atoms with van der Waals surface area (Å²) in [6.45, 7) is 6.73. The summed E-state index contributed by atoms with van der Waals surface area (Å²) >= 11 is 0. The molecule has 3 heteroatoms. The first-order chi connectivity index (χ1) is 7.96. The number of aliphatic imine (C=N–C) groups is 1. The van der Waals surface area contributed by atoms with E-state index in [4.69, 9.17) is 10.5 Å². The van der Waals surface area contributed by atoms with Crippen molar-refractivity contribution in [3.05, 3.63) is 41.5 Å². The molecule has 1 heterocycles. The largest absolute Gasteiger partial charge is 0.475 e. The Morgan fingerprint density at radius 3 is 2.82 bits per heavy atom. The minimum absolute atomic E-state index is 0.140. The van der Waals surface area contributed by atoms with Crippen LogP contribution in [0.4, 0.5) is 0 Å². The van der Waals surface area contributed by atoms with E-state index in [1.807, 2.05) is 45.0 Å². The second-order valence-corrected chi connectivity index (χ2v) is 5.02. The Bertz CT molecular complexity index is 487. The summed E-state index contributed by atoms with van der Waals surface area (Å²) in [6.07, 6.45) is 1.80. The van der Waals surface area contributed by atoms with E-state index in [1.165, 1.54) is 5.56 Å². The van der Waals surface area contributed by atoms with Crippen molar-refractivity contribution in [2.45, 2.75) is 26.3 Å². The molecular formula is C14H18N2O. The number of rotatable bonds is 2. The summed E-state index contributed by atoms with van der Waals surface area (Å²) in [6, 6.07) is 8.07. The lowest BCUT2D eigenvalue weighted by Crippen LogP contribution is -2.17. The van der Waals surface area contributed by atoms with Crippen molar-refractivity contribution in [1.82, 2.24) is 0 Å². The van der Waals surface area contributed by atoms with Crippen molar-refractivity contribution in [2.24, 2.45) is 10.7 Å². The molecule has 17 heavy (non-hydrogen) atoms. The number of nitrogens with zero attached hydrogens (tertiary/aromatic N) is 1. The van der Waals surface area contributed by atoms with Crippen molar-refractivity contribution < 1.29 is 4.74 Å². The SMILES string of the molecule is Cc1cccc(/C(N)=C/C2=NC(C)(C)CO2)c1. The molecule has 0 saturated heterocycles. The van der Waals surface area contributed by atoms with Crippen molar-refractivity contribution in [3.63, 3.8) is 0 Å². The highest BCUT2D eigenvalue weighted by atomic mass is 16.5. The fourth-order valence-electron chi connectivity index (χ4n) is 1.73. The summed E-state index contributed by atoms with van der Waals surface area (Å²) in [5.41, 5.74) is 8.77. The van der Waals surface area contributed by atoms with Gasteiger partial charge in [0.15, 0.2) is 0 Å². The number of benzene rings is 1. The number of hydrogen-bond donors (Lipinski definition) is 1. The van der Waals surface area contributed by atoms with Crippen LogP contribution in [0, 0.1) is 6.92 Å². The lowest BCUT2D eigenvalue weighted by molar-refractivity contribution is 0.280. The normalized spacial score (nSPS) is 18.8. The molecular weight excluding hydrogens is 212 g/mol. The summed E-state index contributed by atoms with van der Waals surface area (Å²) in [4.78, 5) is 4.45. The zero-order valence-corrected chi connectivity index (χ0v) is 10.5. The van der Waals surface area contributed by atoms with Gasteiger partial charge in [0.05, 0.1) is 5.54 Å². The average molecular weight is 230 g/mol. The first kappa shape index (κ1) is 11.7. The molecule has 1 aliphatic rings. The first-order valence-electron chi connectivity index (χ1n) is 5.73. The molecule has 0 amide bonds. The molecule has 0 bridgehead atoms. The van der Waals surface area contributed by atoms with Gasteiger partial charge >= 0.3 is 0 Å². The Kier molecular flexibility index (Phi) is 2.92. The van der Waals surface area contributed by atoms with Crippen LogP contribution in [-0.2, 0) is 4.74 Å². The maximum atomic E-state index is 6.03. The molecule has 2 N–H and O–H groups in total. The molecule has 1 aromatic carbocycles. The molecule has 0 aromatic heterocycles. The van der Waals surface area contributed by atoms with Crippen LogP contribution in [0.1, 0.15) is 25.0 Å². The molecule has 3 nitrogen and oxygen atoms in total. The van der Waals surface area contributed by atoms with Crippen LogP contribution in [-0.4, -0.2) is 18.0 Å². The zero-order valence-electron chi connectivity index (χ0n) is 10.5. The van der Waals surface area contributed by atoms with Gasteiger partial charge in [0.1, 0.15) is 6.61 Å². The van der Waals surface area contributed by atoms with Gasteiger partial charge < -0.3 is 10.5 Å². The second kappa shape index (κ2) is 4.24. The van der Waals surface area contributed by atoms with E-state index in [0.717, 1.165) is 5.56 Å². The molecule has 0 fully saturated rings. The Morgan fingerprint density at radius 1 is 1.47 bits per heavy atom. The topological polar surface area (TPSA) is 47.6 Å². The van der Waals surface area contributed by atoms with Crippen LogP contribution in [0.5, 0.6) is 0 Å². The van der Waals surface area contributed by atoms with Gasteiger partial charge in [0, 0.05) is 11.8 Å². The first-order valence-corrected chi connectivity index (χ1v) is 5.73. The van der Waals surface area contributed by atoms with Crippen LogP contribution >= 0.6 is 0 Å². The van der Waals surface area contributed by atoms with Crippen LogP contribution in [0.25, 0.3) is 5.70 Å². The van der Waals surface area contributed by atoms with E-state index >= 15 is 0 Å². The molecule has 2 rings (SSSR count). The Labute approximate surface area is 102 Å². The predicted molar refractivity (Wildman–Crippen MR) is 70.8 cm³/mol. The fraction of sp³-hybridized carbons (Fsp3) is 0.357. The third-order valence-corrected chi connectivity index (χ3v) is 2.62. The molecule has 0 saturated carbocycles. The van der Waals surface area contributed by atoms with Gasteiger partial charge in [-0.1, -0.05) is 23.8 Å². The highest BCUT2D eigenvalue weighted by molar-refractivity contribution is 5.95. The van der Waals surface area contributed by atoms with Crippen molar-refractivity contribution in [1.29, 1.82) is 0 Å². The Hall–Kier alpha value is -1.77. The molecule has 1 aromatic rings. The minimum Gasteiger partial charge on any atom is -0.475 e. The van der Waals surface area contributed by atoms with Gasteiger partial charge in [-0.05, 0) is 32.4 Å². The van der Waals surface area contributed by atoms with E-state index in [9.17, 15) is 0 Å². The predicted octanol–water partition coefficient (Wildman–Crippen LogP) is 2.50. The minimum atomic E-state index is -0.140. The van der Waals surface area contributed by atoms with Crippen molar-refractivity contribution in [3.8, 4) is 0 Å².